The van der Waals surface area contributed by atoms with Crippen molar-refractivity contribution in [3.8, 4) is 0 Å². The van der Waals surface area contributed by atoms with Gasteiger partial charge in [-0.3, -0.25) is 0 Å². The van der Waals surface area contributed by atoms with E-state index in [1.165, 1.54) is 0 Å². The molecule has 1 N–H and O–H groups in total. The molecule has 1 aromatic carbocycles. The third-order valence-electron chi connectivity index (χ3n) is 2.45. The zero-order valence-corrected chi connectivity index (χ0v) is 11.8. The van der Waals surface area contributed by atoms with E-state index in [1.807, 2.05) is 4.90 Å². The number of rotatable bonds is 7. The largest absolute Gasteiger partial charge is 0.478 e. The monoisotopic (exact) mass is 313 g/mol. The van der Waals surface area contributed by atoms with Crippen molar-refractivity contribution in [1.82, 2.24) is 0 Å². The van der Waals surface area contributed by atoms with Crippen LogP contribution in [0.4, 0.5) is 5.69 Å². The Morgan fingerprint density at radius 3 is 2.89 bits per heavy atom. The Labute approximate surface area is 115 Å². The number of halogens is 1. The van der Waals surface area contributed by atoms with Crippen molar-refractivity contribution < 1.29 is 14.6 Å². The highest BCUT2D eigenvalue weighted by atomic mass is 79.9. The van der Waals surface area contributed by atoms with Gasteiger partial charge in [0.2, 0.25) is 0 Å². The lowest BCUT2D eigenvalue weighted by Crippen LogP contribution is -2.28. The lowest BCUT2D eigenvalue weighted by atomic mass is 10.1. The van der Waals surface area contributed by atoms with E-state index in [0.717, 1.165) is 4.47 Å². The predicted octanol–water partition coefficient (Wildman–Crippen LogP) is 2.79. The highest BCUT2D eigenvalue weighted by Crippen LogP contribution is 2.25. The Balaban J connectivity index is 3.11. The van der Waals surface area contributed by atoms with Crippen LogP contribution in [0.5, 0.6) is 0 Å². The van der Waals surface area contributed by atoms with E-state index < -0.39 is 5.97 Å². The minimum atomic E-state index is -0.941. The lowest BCUT2D eigenvalue weighted by Gasteiger charge is -2.24. The number of carbonyl (C=O) groups is 1. The molecule has 0 heterocycles. The summed E-state index contributed by atoms with van der Waals surface area (Å²) in [4.78, 5) is 13.1. The van der Waals surface area contributed by atoms with Crippen molar-refractivity contribution in [2.24, 2.45) is 0 Å². The third-order valence-corrected chi connectivity index (χ3v) is 2.94. The van der Waals surface area contributed by atoms with Crippen LogP contribution in [0.2, 0.25) is 0 Å². The van der Waals surface area contributed by atoms with E-state index in [4.69, 9.17) is 4.74 Å². The molecule has 0 aliphatic heterocycles. The molecule has 4 nitrogen and oxygen atoms in total. The van der Waals surface area contributed by atoms with Crippen LogP contribution in [-0.4, -0.2) is 37.9 Å². The average Bonchev–Trinajstić information content (AvgIpc) is 2.34. The predicted molar refractivity (Wildman–Crippen MR) is 75.4 cm³/mol. The standard InChI is InChI=1S/C13H16BrNO3/c1-3-6-15(7-8-18-2)12-9-10(14)4-5-11(12)13(16)17/h3-5,9H,1,6-8H2,2H3,(H,16,17). The summed E-state index contributed by atoms with van der Waals surface area (Å²) in [5.41, 5.74) is 0.935. The summed E-state index contributed by atoms with van der Waals surface area (Å²) in [5.74, 6) is -0.941. The topological polar surface area (TPSA) is 49.8 Å². The Kier molecular flexibility index (Phi) is 5.88. The summed E-state index contributed by atoms with van der Waals surface area (Å²) in [5, 5.41) is 9.20. The van der Waals surface area contributed by atoms with Gasteiger partial charge in [-0.25, -0.2) is 4.79 Å². The number of anilines is 1. The molecule has 0 saturated heterocycles. The normalized spacial score (nSPS) is 10.1. The van der Waals surface area contributed by atoms with Crippen LogP contribution in [-0.2, 0) is 4.74 Å². The molecule has 0 saturated carbocycles. The van der Waals surface area contributed by atoms with Gasteiger partial charge in [-0.2, -0.15) is 0 Å². The lowest BCUT2D eigenvalue weighted by molar-refractivity contribution is 0.0697. The number of benzene rings is 1. The molecule has 1 rings (SSSR count). The van der Waals surface area contributed by atoms with Gasteiger partial charge in [0.15, 0.2) is 0 Å². The minimum Gasteiger partial charge on any atom is -0.478 e. The second-order valence-electron chi connectivity index (χ2n) is 3.69. The number of carboxylic acid groups (broad SMARTS) is 1. The quantitative estimate of drug-likeness (QED) is 0.786. The van der Waals surface area contributed by atoms with Gasteiger partial charge in [0, 0.05) is 24.7 Å². The molecule has 5 heteroatoms. The average molecular weight is 314 g/mol. The molecule has 98 valence electrons. The summed E-state index contributed by atoms with van der Waals surface area (Å²) in [6.45, 7) is 5.40. The first kappa shape index (κ1) is 14.7. The summed E-state index contributed by atoms with van der Waals surface area (Å²) in [7, 11) is 1.62. The molecule has 0 radical (unpaired) electrons. The Morgan fingerprint density at radius 1 is 1.61 bits per heavy atom. The van der Waals surface area contributed by atoms with Crippen molar-refractivity contribution >= 4 is 27.6 Å². The molecule has 0 aliphatic carbocycles. The van der Waals surface area contributed by atoms with Gasteiger partial charge in [-0.1, -0.05) is 22.0 Å². The molecule has 0 amide bonds. The fraction of sp³-hybridized carbons (Fsp3) is 0.308. The molecule has 1 aromatic rings. The molecule has 0 unspecified atom stereocenters. The van der Waals surface area contributed by atoms with Gasteiger partial charge in [0.25, 0.3) is 0 Å². The number of ether oxygens (including phenoxy) is 1. The maximum absolute atomic E-state index is 11.2. The molecular weight excluding hydrogens is 298 g/mol. The summed E-state index contributed by atoms with van der Waals surface area (Å²) in [6.07, 6.45) is 1.74. The summed E-state index contributed by atoms with van der Waals surface area (Å²) < 4.78 is 5.88. The zero-order valence-electron chi connectivity index (χ0n) is 10.2. The van der Waals surface area contributed by atoms with Crippen LogP contribution >= 0.6 is 15.9 Å². The van der Waals surface area contributed by atoms with Crippen molar-refractivity contribution in [2.75, 3.05) is 31.7 Å². The van der Waals surface area contributed by atoms with Gasteiger partial charge < -0.3 is 14.7 Å². The van der Waals surface area contributed by atoms with Gasteiger partial charge >= 0.3 is 5.97 Å². The van der Waals surface area contributed by atoms with Crippen molar-refractivity contribution in [3.05, 3.63) is 40.9 Å². The Hall–Kier alpha value is -1.33. The fourth-order valence-electron chi connectivity index (χ4n) is 1.61. The summed E-state index contributed by atoms with van der Waals surface area (Å²) >= 11 is 3.36. The zero-order chi connectivity index (χ0) is 13.5. The SMILES string of the molecule is C=CCN(CCOC)c1cc(Br)ccc1C(=O)O. The van der Waals surface area contributed by atoms with Crippen LogP contribution in [0.3, 0.4) is 0 Å². The van der Waals surface area contributed by atoms with Crippen molar-refractivity contribution in [2.45, 2.75) is 0 Å². The first-order valence-corrected chi connectivity index (χ1v) is 6.27. The maximum atomic E-state index is 11.2. The second-order valence-corrected chi connectivity index (χ2v) is 4.61. The Morgan fingerprint density at radius 2 is 2.33 bits per heavy atom. The first-order valence-electron chi connectivity index (χ1n) is 5.47. The van der Waals surface area contributed by atoms with Gasteiger partial charge in [0.05, 0.1) is 17.9 Å². The van der Waals surface area contributed by atoms with Gasteiger partial charge in [0.1, 0.15) is 0 Å². The Bertz CT molecular complexity index is 434. The van der Waals surface area contributed by atoms with Crippen LogP contribution in [0, 0.1) is 0 Å². The van der Waals surface area contributed by atoms with Crippen molar-refractivity contribution in [3.63, 3.8) is 0 Å². The van der Waals surface area contributed by atoms with E-state index in [9.17, 15) is 9.90 Å². The van der Waals surface area contributed by atoms with Gasteiger partial charge in [-0.05, 0) is 18.2 Å². The summed E-state index contributed by atoms with van der Waals surface area (Å²) in [6, 6.07) is 5.10. The van der Waals surface area contributed by atoms with Crippen LogP contribution in [0.25, 0.3) is 0 Å². The van der Waals surface area contributed by atoms with E-state index in [0.29, 0.717) is 25.4 Å². The molecule has 18 heavy (non-hydrogen) atoms. The molecule has 0 fully saturated rings. The van der Waals surface area contributed by atoms with E-state index in [2.05, 4.69) is 22.5 Å². The fourth-order valence-corrected chi connectivity index (χ4v) is 1.96. The third kappa shape index (κ3) is 3.85. The minimum absolute atomic E-state index is 0.274. The highest BCUT2D eigenvalue weighted by molar-refractivity contribution is 9.10. The number of aromatic carboxylic acids is 1. The van der Waals surface area contributed by atoms with Gasteiger partial charge in [-0.15, -0.1) is 6.58 Å². The molecule has 0 atom stereocenters. The van der Waals surface area contributed by atoms with E-state index >= 15 is 0 Å². The highest BCUT2D eigenvalue weighted by Gasteiger charge is 2.15. The molecule has 0 aromatic heterocycles. The smallest absolute Gasteiger partial charge is 0.337 e. The number of hydrogen-bond acceptors (Lipinski definition) is 3. The van der Waals surface area contributed by atoms with Crippen LogP contribution in [0.1, 0.15) is 10.4 Å². The van der Waals surface area contributed by atoms with E-state index in [1.54, 1.807) is 31.4 Å². The molecule has 0 spiro atoms. The molecular formula is C13H16BrNO3. The van der Waals surface area contributed by atoms with Crippen LogP contribution in [0.15, 0.2) is 35.3 Å². The maximum Gasteiger partial charge on any atom is 0.337 e. The number of nitrogens with zero attached hydrogens (tertiary/aromatic N) is 1. The van der Waals surface area contributed by atoms with Crippen LogP contribution < -0.4 is 4.90 Å². The number of carboxylic acids is 1. The number of methoxy groups -OCH3 is 1. The first-order chi connectivity index (χ1) is 8.60. The molecule has 0 bridgehead atoms. The van der Waals surface area contributed by atoms with E-state index in [-0.39, 0.29) is 5.56 Å². The second kappa shape index (κ2) is 7.18. The van der Waals surface area contributed by atoms with Crippen molar-refractivity contribution in [1.29, 1.82) is 0 Å². The molecule has 0 aliphatic rings. The number of hydrogen-bond donors (Lipinski definition) is 1.